The van der Waals surface area contributed by atoms with E-state index in [1.165, 1.54) is 5.57 Å². The molecule has 0 atom stereocenters. The molecule has 0 spiro atoms. The molecule has 0 amide bonds. The van der Waals surface area contributed by atoms with Crippen LogP contribution in [-0.4, -0.2) is 9.97 Å². The zero-order valence-electron chi connectivity index (χ0n) is 9.07. The largest absolute Gasteiger partial charge is 0.261 e. The topological polar surface area (TPSA) is 25.8 Å². The summed E-state index contributed by atoms with van der Waals surface area (Å²) < 4.78 is 0. The van der Waals surface area contributed by atoms with Gasteiger partial charge in [-0.15, -0.1) is 0 Å². The lowest BCUT2D eigenvalue weighted by atomic mass is 10.1. The predicted molar refractivity (Wildman–Crippen MR) is 62.3 cm³/mol. The maximum Gasteiger partial charge on any atom is 0.0885 e. The van der Waals surface area contributed by atoms with Gasteiger partial charge in [0.25, 0.3) is 0 Å². The maximum atomic E-state index is 4.46. The van der Waals surface area contributed by atoms with E-state index in [1.54, 1.807) is 6.20 Å². The molecule has 0 fully saturated rings. The maximum absolute atomic E-state index is 4.46. The van der Waals surface area contributed by atoms with E-state index in [0.717, 1.165) is 23.4 Å². The number of hydrogen-bond acceptors (Lipinski definition) is 2. The van der Waals surface area contributed by atoms with Crippen molar-refractivity contribution in [1.82, 2.24) is 9.97 Å². The van der Waals surface area contributed by atoms with Crippen LogP contribution in [0, 0.1) is 6.92 Å². The van der Waals surface area contributed by atoms with Crippen LogP contribution in [0.5, 0.6) is 0 Å². The Morgan fingerprint density at radius 1 is 1.07 bits per heavy atom. The molecular formula is C13H14N2. The van der Waals surface area contributed by atoms with Gasteiger partial charge in [0.05, 0.1) is 17.6 Å². The van der Waals surface area contributed by atoms with Crippen LogP contribution in [0.15, 0.2) is 42.3 Å². The van der Waals surface area contributed by atoms with Crippen LogP contribution < -0.4 is 0 Å². The summed E-state index contributed by atoms with van der Waals surface area (Å²) in [6, 6.07) is 0. The van der Waals surface area contributed by atoms with Crippen LogP contribution in [0.2, 0.25) is 0 Å². The zero-order valence-corrected chi connectivity index (χ0v) is 9.07. The molecule has 0 saturated heterocycles. The highest BCUT2D eigenvalue weighted by Crippen LogP contribution is 2.18. The van der Waals surface area contributed by atoms with Crippen LogP contribution in [-0.2, 0) is 0 Å². The number of nitrogens with zero attached hydrogens (tertiary/aromatic N) is 2. The third kappa shape index (κ3) is 2.40. The van der Waals surface area contributed by atoms with Gasteiger partial charge < -0.3 is 0 Å². The van der Waals surface area contributed by atoms with Crippen molar-refractivity contribution < 1.29 is 0 Å². The van der Waals surface area contributed by atoms with E-state index in [-0.39, 0.29) is 0 Å². The Kier molecular flexibility index (Phi) is 2.77. The number of aromatic nitrogens is 2. The molecule has 0 saturated carbocycles. The Morgan fingerprint density at radius 2 is 1.93 bits per heavy atom. The minimum Gasteiger partial charge on any atom is -0.261 e. The molecule has 1 aromatic rings. The van der Waals surface area contributed by atoms with Gasteiger partial charge in [0.15, 0.2) is 0 Å². The third-order valence-electron chi connectivity index (χ3n) is 2.35. The minimum absolute atomic E-state index is 0.953. The van der Waals surface area contributed by atoms with Crippen LogP contribution in [0.1, 0.15) is 24.7 Å². The molecule has 1 aromatic heterocycles. The summed E-state index contributed by atoms with van der Waals surface area (Å²) in [5, 5.41) is 0. The Morgan fingerprint density at radius 3 is 2.73 bits per heavy atom. The van der Waals surface area contributed by atoms with Crippen molar-refractivity contribution in [2.24, 2.45) is 0 Å². The third-order valence-corrected chi connectivity index (χ3v) is 2.35. The van der Waals surface area contributed by atoms with Gasteiger partial charge in [0.2, 0.25) is 0 Å². The van der Waals surface area contributed by atoms with Crippen molar-refractivity contribution in [2.45, 2.75) is 20.3 Å². The summed E-state index contributed by atoms with van der Waals surface area (Å²) in [7, 11) is 0. The van der Waals surface area contributed by atoms with E-state index in [1.807, 2.05) is 13.1 Å². The smallest absolute Gasteiger partial charge is 0.0885 e. The Balaban J connectivity index is 2.33. The first-order valence-electron chi connectivity index (χ1n) is 5.10. The van der Waals surface area contributed by atoms with Gasteiger partial charge in [-0.3, -0.25) is 4.98 Å². The number of hydrogen-bond donors (Lipinski definition) is 0. The number of aryl methyl sites for hydroxylation is 1. The number of allylic oxidation sites excluding steroid dienone is 6. The highest BCUT2D eigenvalue weighted by atomic mass is 14.8. The molecule has 0 unspecified atom stereocenters. The summed E-state index contributed by atoms with van der Waals surface area (Å²) in [5.74, 6) is 0. The first-order chi connectivity index (χ1) is 7.25. The first-order valence-corrected chi connectivity index (χ1v) is 5.10. The lowest BCUT2D eigenvalue weighted by Crippen LogP contribution is -1.91. The lowest BCUT2D eigenvalue weighted by molar-refractivity contribution is 1.09. The van der Waals surface area contributed by atoms with Crippen LogP contribution in [0.25, 0.3) is 5.57 Å². The van der Waals surface area contributed by atoms with Gasteiger partial charge in [0.1, 0.15) is 0 Å². The SMILES string of the molecule is CC1=CCC=C(c2cncc(C)n2)C=C1. The minimum atomic E-state index is 0.953. The molecule has 0 aliphatic heterocycles. The molecule has 0 radical (unpaired) electrons. The fourth-order valence-corrected chi connectivity index (χ4v) is 1.52. The standard InChI is InChI=1S/C13H14N2/c1-10-4-3-5-12(7-6-10)13-9-14-8-11(2)15-13/h4-9H,3H2,1-2H3. The van der Waals surface area contributed by atoms with Crippen molar-refractivity contribution in [1.29, 1.82) is 0 Å². The first kappa shape index (κ1) is 9.84. The van der Waals surface area contributed by atoms with E-state index in [9.17, 15) is 0 Å². The molecule has 76 valence electrons. The van der Waals surface area contributed by atoms with Crippen molar-refractivity contribution >= 4 is 5.57 Å². The second-order valence-corrected chi connectivity index (χ2v) is 3.72. The molecule has 1 aliphatic rings. The summed E-state index contributed by atoms with van der Waals surface area (Å²) in [6.07, 6.45) is 13.1. The number of rotatable bonds is 1. The lowest BCUT2D eigenvalue weighted by Gasteiger charge is -2.00. The summed E-state index contributed by atoms with van der Waals surface area (Å²) in [5.41, 5.74) is 4.35. The van der Waals surface area contributed by atoms with Gasteiger partial charge >= 0.3 is 0 Å². The van der Waals surface area contributed by atoms with E-state index >= 15 is 0 Å². The van der Waals surface area contributed by atoms with E-state index in [2.05, 4.69) is 41.2 Å². The highest BCUT2D eigenvalue weighted by Gasteiger charge is 2.02. The van der Waals surface area contributed by atoms with E-state index < -0.39 is 0 Å². The van der Waals surface area contributed by atoms with Crippen LogP contribution in [0.4, 0.5) is 0 Å². The fourth-order valence-electron chi connectivity index (χ4n) is 1.52. The molecule has 15 heavy (non-hydrogen) atoms. The van der Waals surface area contributed by atoms with Gasteiger partial charge in [-0.1, -0.05) is 29.9 Å². The molecule has 0 aromatic carbocycles. The Hall–Kier alpha value is -1.70. The Bertz CT molecular complexity index is 453. The van der Waals surface area contributed by atoms with E-state index in [4.69, 9.17) is 0 Å². The molecule has 2 rings (SSSR count). The van der Waals surface area contributed by atoms with E-state index in [0.29, 0.717) is 0 Å². The molecule has 0 N–H and O–H groups in total. The monoisotopic (exact) mass is 198 g/mol. The summed E-state index contributed by atoms with van der Waals surface area (Å²) >= 11 is 0. The predicted octanol–water partition coefficient (Wildman–Crippen LogP) is 3.07. The molecule has 2 nitrogen and oxygen atoms in total. The van der Waals surface area contributed by atoms with Crippen LogP contribution >= 0.6 is 0 Å². The van der Waals surface area contributed by atoms with Crippen molar-refractivity contribution in [2.75, 3.05) is 0 Å². The quantitative estimate of drug-likeness (QED) is 0.693. The summed E-state index contributed by atoms with van der Waals surface area (Å²) in [4.78, 5) is 8.61. The average Bonchev–Trinajstić information content (AvgIpc) is 2.43. The second kappa shape index (κ2) is 4.22. The Labute approximate surface area is 90.1 Å². The zero-order chi connectivity index (χ0) is 10.7. The average molecular weight is 198 g/mol. The van der Waals surface area contributed by atoms with Gasteiger partial charge in [0, 0.05) is 6.20 Å². The molecule has 0 bridgehead atoms. The highest BCUT2D eigenvalue weighted by molar-refractivity contribution is 5.72. The van der Waals surface area contributed by atoms with Crippen molar-refractivity contribution in [3.8, 4) is 0 Å². The molecule has 1 aliphatic carbocycles. The normalized spacial score (nSPS) is 15.6. The van der Waals surface area contributed by atoms with Gasteiger partial charge in [-0.05, 0) is 25.8 Å². The van der Waals surface area contributed by atoms with Crippen molar-refractivity contribution in [3.05, 3.63) is 53.7 Å². The fraction of sp³-hybridized carbons (Fsp3) is 0.231. The molecular weight excluding hydrogens is 184 g/mol. The molecule has 1 heterocycles. The van der Waals surface area contributed by atoms with Crippen LogP contribution in [0.3, 0.4) is 0 Å². The summed E-state index contributed by atoms with van der Waals surface area (Å²) in [6.45, 7) is 4.07. The van der Waals surface area contributed by atoms with Gasteiger partial charge in [-0.2, -0.15) is 0 Å². The molecule has 2 heteroatoms. The van der Waals surface area contributed by atoms with Gasteiger partial charge in [-0.25, -0.2) is 4.98 Å². The van der Waals surface area contributed by atoms with Crippen molar-refractivity contribution in [3.63, 3.8) is 0 Å². The second-order valence-electron chi connectivity index (χ2n) is 3.72.